The van der Waals surface area contributed by atoms with Gasteiger partial charge in [0.15, 0.2) is 17.3 Å². The normalized spacial score (nSPS) is 12.8. The zero-order valence-electron chi connectivity index (χ0n) is 19.9. The van der Waals surface area contributed by atoms with E-state index in [0.717, 1.165) is 37.2 Å². The number of imidazole rings is 1. The Morgan fingerprint density at radius 2 is 1.42 bits per heavy atom. The number of hydrogen-bond donors (Lipinski definition) is 0. The molecule has 6 heteroatoms. The molecule has 6 aromatic rings. The molecule has 2 aromatic heterocycles. The van der Waals surface area contributed by atoms with E-state index >= 15 is 0 Å². The van der Waals surface area contributed by atoms with Gasteiger partial charge in [-0.15, -0.1) is 11.3 Å². The third-order valence-electron chi connectivity index (χ3n) is 6.81. The highest BCUT2D eigenvalue weighted by molar-refractivity contribution is 7.21. The van der Waals surface area contributed by atoms with Crippen molar-refractivity contribution >= 4 is 55.8 Å². The van der Waals surface area contributed by atoms with Crippen molar-refractivity contribution in [3.05, 3.63) is 131 Å². The molecule has 0 spiro atoms. The third kappa shape index (κ3) is 3.41. The van der Waals surface area contributed by atoms with Crippen LogP contribution in [0, 0.1) is 6.57 Å². The van der Waals surface area contributed by atoms with Crippen LogP contribution in [0.3, 0.4) is 0 Å². The molecule has 5 nitrogen and oxygen atoms in total. The van der Waals surface area contributed by atoms with Crippen molar-refractivity contribution in [2.45, 2.75) is 0 Å². The minimum Gasteiger partial charge on any atom is -0.292 e. The van der Waals surface area contributed by atoms with Crippen LogP contribution in [0.4, 0.5) is 5.69 Å². The summed E-state index contributed by atoms with van der Waals surface area (Å²) in [7, 11) is 0. The van der Waals surface area contributed by atoms with Gasteiger partial charge in [0.25, 0.3) is 0 Å². The van der Waals surface area contributed by atoms with Crippen LogP contribution in [-0.2, 0) is 0 Å². The second kappa shape index (κ2) is 8.48. The molecule has 0 amide bonds. The van der Waals surface area contributed by atoms with Gasteiger partial charge in [-0.3, -0.25) is 14.2 Å². The molecule has 0 unspecified atom stereocenters. The minimum atomic E-state index is -0.276. The number of Topliss-reactive ketones (excluding diaryl/α,β-unsaturated/α-hetero) is 2. The summed E-state index contributed by atoms with van der Waals surface area (Å²) in [5.41, 5.74) is 4.36. The van der Waals surface area contributed by atoms with Crippen LogP contribution >= 0.6 is 11.3 Å². The lowest BCUT2D eigenvalue weighted by Crippen LogP contribution is -2.03. The fourth-order valence-corrected chi connectivity index (χ4v) is 5.97. The number of hydrogen-bond acceptors (Lipinski definition) is 4. The topological polar surface area (TPSA) is 56.3 Å². The summed E-state index contributed by atoms with van der Waals surface area (Å²) in [5.74, 6) is -0.0222. The Kier molecular flexibility index (Phi) is 4.93. The van der Waals surface area contributed by atoms with E-state index in [4.69, 9.17) is 11.6 Å². The van der Waals surface area contributed by atoms with Crippen LogP contribution in [0.2, 0.25) is 0 Å². The summed E-state index contributed by atoms with van der Waals surface area (Å²) in [6.45, 7) is 7.19. The number of fused-ring (bicyclic) bond motifs is 3. The highest BCUT2D eigenvalue weighted by atomic mass is 32.1. The highest BCUT2D eigenvalue weighted by Gasteiger charge is 2.34. The summed E-state index contributed by atoms with van der Waals surface area (Å²) in [4.78, 5) is 37.0. The van der Waals surface area contributed by atoms with Crippen molar-refractivity contribution in [3.8, 4) is 16.1 Å². The van der Waals surface area contributed by atoms with E-state index in [2.05, 4.69) is 10.9 Å². The third-order valence-corrected chi connectivity index (χ3v) is 7.88. The predicted molar refractivity (Wildman–Crippen MR) is 151 cm³/mol. The number of benzene rings is 4. The van der Waals surface area contributed by atoms with Crippen LogP contribution in [-0.4, -0.2) is 21.1 Å². The molecule has 1 aliphatic carbocycles. The van der Waals surface area contributed by atoms with E-state index < -0.39 is 0 Å². The van der Waals surface area contributed by atoms with Crippen molar-refractivity contribution in [3.63, 3.8) is 0 Å². The van der Waals surface area contributed by atoms with Crippen LogP contribution in [0.5, 0.6) is 0 Å². The first kappa shape index (κ1) is 22.1. The standard InChI is InChI=1S/C32H17N3O2S/c1-33-22-13-11-19(12-14-22)28-18-27-32(38-28)34-29(35(27)23-9-3-2-4-10-23)17-26-30(36)24-15-20-7-5-6-8-21(20)16-25(24)31(26)37/h2-18H. The number of rotatable bonds is 3. The smallest absolute Gasteiger partial charge is 0.197 e. The first-order valence-corrected chi connectivity index (χ1v) is 12.8. The quantitative estimate of drug-likeness (QED) is 0.139. The summed E-state index contributed by atoms with van der Waals surface area (Å²) in [5, 5.41) is 1.86. The van der Waals surface area contributed by atoms with Crippen molar-refractivity contribution in [2.75, 3.05) is 0 Å². The van der Waals surface area contributed by atoms with Gasteiger partial charge in [-0.2, -0.15) is 0 Å². The molecule has 0 atom stereocenters. The van der Waals surface area contributed by atoms with Crippen LogP contribution in [0.15, 0.2) is 103 Å². The molecule has 7 rings (SSSR count). The van der Waals surface area contributed by atoms with Crippen molar-refractivity contribution in [1.82, 2.24) is 9.55 Å². The number of aromatic nitrogens is 2. The second-order valence-electron chi connectivity index (χ2n) is 9.06. The van der Waals surface area contributed by atoms with Crippen LogP contribution in [0.1, 0.15) is 26.5 Å². The van der Waals surface area contributed by atoms with E-state index in [1.807, 2.05) is 71.3 Å². The molecule has 0 bridgehead atoms. The molecule has 0 N–H and O–H groups in total. The number of thiophene rings is 1. The van der Waals surface area contributed by atoms with Gasteiger partial charge in [0, 0.05) is 21.7 Å². The summed E-state index contributed by atoms with van der Waals surface area (Å²) in [6, 6.07) is 30.7. The first-order chi connectivity index (χ1) is 18.6. The maximum atomic E-state index is 13.4. The molecule has 178 valence electrons. The van der Waals surface area contributed by atoms with E-state index in [1.165, 1.54) is 11.3 Å². The van der Waals surface area contributed by atoms with Gasteiger partial charge in [0.2, 0.25) is 0 Å². The average molecular weight is 508 g/mol. The fourth-order valence-electron chi connectivity index (χ4n) is 4.95. The zero-order chi connectivity index (χ0) is 25.8. The highest BCUT2D eigenvalue weighted by Crippen LogP contribution is 2.37. The van der Waals surface area contributed by atoms with E-state index in [0.29, 0.717) is 22.6 Å². The molecule has 0 saturated heterocycles. The fraction of sp³-hybridized carbons (Fsp3) is 0. The molecule has 1 aliphatic rings. The maximum Gasteiger partial charge on any atom is 0.197 e. The number of nitrogens with zero attached hydrogens (tertiary/aromatic N) is 3. The lowest BCUT2D eigenvalue weighted by atomic mass is 10.0. The van der Waals surface area contributed by atoms with Crippen LogP contribution < -0.4 is 0 Å². The van der Waals surface area contributed by atoms with Gasteiger partial charge in [-0.1, -0.05) is 66.7 Å². The zero-order valence-corrected chi connectivity index (χ0v) is 20.7. The van der Waals surface area contributed by atoms with E-state index in [-0.39, 0.29) is 17.1 Å². The van der Waals surface area contributed by atoms with Gasteiger partial charge in [-0.25, -0.2) is 9.83 Å². The SMILES string of the molecule is [C-]#[N+]c1ccc(-c2cc3c(nc(C=C4C(=O)c5cc6ccccc6cc5C4=O)n3-c3ccccc3)s2)cc1. The summed E-state index contributed by atoms with van der Waals surface area (Å²) < 4.78 is 1.98. The summed E-state index contributed by atoms with van der Waals surface area (Å²) >= 11 is 1.53. The number of para-hydroxylation sites is 1. The minimum absolute atomic E-state index is 0.125. The van der Waals surface area contributed by atoms with Crippen LogP contribution in [0.25, 0.3) is 48.2 Å². The van der Waals surface area contributed by atoms with Crippen molar-refractivity contribution < 1.29 is 9.59 Å². The Labute approximate surface area is 221 Å². The Morgan fingerprint density at radius 3 is 2.05 bits per heavy atom. The average Bonchev–Trinajstić information content (AvgIpc) is 3.59. The Hall–Kier alpha value is -5.12. The molecule has 38 heavy (non-hydrogen) atoms. The largest absolute Gasteiger partial charge is 0.292 e. The molecule has 2 heterocycles. The molecular weight excluding hydrogens is 490 g/mol. The predicted octanol–water partition coefficient (Wildman–Crippen LogP) is 7.92. The Bertz CT molecular complexity index is 1950. The molecule has 4 aromatic carbocycles. The molecule has 0 aliphatic heterocycles. The molecule has 0 radical (unpaired) electrons. The lowest BCUT2D eigenvalue weighted by molar-refractivity contribution is 0.0990. The first-order valence-electron chi connectivity index (χ1n) is 12.0. The van der Waals surface area contributed by atoms with Gasteiger partial charge in [0.1, 0.15) is 10.7 Å². The number of allylic oxidation sites excluding steroid dienone is 1. The van der Waals surface area contributed by atoms with Crippen molar-refractivity contribution in [1.29, 1.82) is 0 Å². The summed E-state index contributed by atoms with van der Waals surface area (Å²) in [6.07, 6.45) is 1.62. The number of carbonyl (C=O) groups is 2. The van der Waals surface area contributed by atoms with Gasteiger partial charge >= 0.3 is 0 Å². The number of ketones is 2. The maximum absolute atomic E-state index is 13.4. The van der Waals surface area contributed by atoms with Crippen molar-refractivity contribution in [2.24, 2.45) is 0 Å². The Balaban J connectivity index is 1.38. The molecular formula is C32H17N3O2S. The van der Waals surface area contributed by atoms with E-state index in [1.54, 1.807) is 30.3 Å². The molecule has 0 fully saturated rings. The lowest BCUT2D eigenvalue weighted by Gasteiger charge is -2.07. The van der Waals surface area contributed by atoms with Gasteiger partial charge in [0.05, 0.1) is 17.7 Å². The second-order valence-corrected chi connectivity index (χ2v) is 10.1. The van der Waals surface area contributed by atoms with E-state index in [9.17, 15) is 9.59 Å². The monoisotopic (exact) mass is 507 g/mol. The Morgan fingerprint density at radius 1 is 0.789 bits per heavy atom. The van der Waals surface area contributed by atoms with Gasteiger partial charge < -0.3 is 0 Å². The molecule has 0 saturated carbocycles. The number of carbonyl (C=O) groups excluding carboxylic acids is 2. The van der Waals surface area contributed by atoms with Gasteiger partial charge in [-0.05, 0) is 52.7 Å².